The third kappa shape index (κ3) is 3.28. The third-order valence-corrected chi connectivity index (χ3v) is 3.22. The number of rotatable bonds is 1. The number of anilines is 1. The number of benzene rings is 2. The van der Waals surface area contributed by atoms with Crippen LogP contribution in [-0.4, -0.2) is 11.7 Å². The highest BCUT2D eigenvalue weighted by Crippen LogP contribution is 2.31. The Morgan fingerprint density at radius 1 is 1.25 bits per heavy atom. The fourth-order valence-corrected chi connectivity index (χ4v) is 2.37. The van der Waals surface area contributed by atoms with Crippen molar-refractivity contribution in [3.63, 3.8) is 0 Å². The first-order chi connectivity index (χ1) is 9.28. The highest BCUT2D eigenvalue weighted by atomic mass is 79.9. The van der Waals surface area contributed by atoms with E-state index in [9.17, 15) is 9.18 Å². The minimum Gasteiger partial charge on any atom is -0.444 e. The molecular formula is C15H15BrFNO2. The van der Waals surface area contributed by atoms with Gasteiger partial charge in [-0.05, 0) is 32.2 Å². The number of ether oxygens (including phenoxy) is 1. The van der Waals surface area contributed by atoms with Crippen LogP contribution in [0, 0.1) is 5.82 Å². The first-order valence-corrected chi connectivity index (χ1v) is 6.94. The lowest BCUT2D eigenvalue weighted by molar-refractivity contribution is 0.0635. The zero-order valence-corrected chi connectivity index (χ0v) is 13.0. The normalized spacial score (nSPS) is 11.4. The molecule has 0 unspecified atom stereocenters. The van der Waals surface area contributed by atoms with E-state index >= 15 is 0 Å². The molecule has 5 heteroatoms. The summed E-state index contributed by atoms with van der Waals surface area (Å²) in [5.74, 6) is -0.477. The number of hydrogen-bond donors (Lipinski definition) is 1. The van der Waals surface area contributed by atoms with Crippen LogP contribution in [0.25, 0.3) is 10.8 Å². The Balaban J connectivity index is 2.36. The van der Waals surface area contributed by atoms with Crippen LogP contribution < -0.4 is 5.32 Å². The maximum atomic E-state index is 14.4. The molecule has 0 bridgehead atoms. The van der Waals surface area contributed by atoms with Gasteiger partial charge in [0.25, 0.3) is 0 Å². The van der Waals surface area contributed by atoms with E-state index in [1.54, 1.807) is 39.0 Å². The van der Waals surface area contributed by atoms with E-state index in [-0.39, 0.29) is 5.69 Å². The fraction of sp³-hybridized carbons (Fsp3) is 0.267. The molecule has 0 saturated carbocycles. The Labute approximate surface area is 125 Å². The van der Waals surface area contributed by atoms with Gasteiger partial charge in [0.2, 0.25) is 0 Å². The van der Waals surface area contributed by atoms with E-state index < -0.39 is 17.5 Å². The molecule has 0 heterocycles. The number of carbonyl (C=O) groups excluding carboxylic acids is 1. The van der Waals surface area contributed by atoms with Crippen LogP contribution in [0.2, 0.25) is 0 Å². The monoisotopic (exact) mass is 339 g/mol. The molecular weight excluding hydrogens is 325 g/mol. The molecule has 0 aromatic heterocycles. The van der Waals surface area contributed by atoms with Crippen LogP contribution in [0.3, 0.4) is 0 Å². The Hall–Kier alpha value is -1.62. The van der Waals surface area contributed by atoms with Crippen molar-refractivity contribution in [2.75, 3.05) is 5.32 Å². The molecule has 0 spiro atoms. The molecule has 1 amide bonds. The van der Waals surface area contributed by atoms with Gasteiger partial charge in [-0.3, -0.25) is 5.32 Å². The van der Waals surface area contributed by atoms with Crippen molar-refractivity contribution in [3.05, 3.63) is 40.6 Å². The van der Waals surface area contributed by atoms with Crippen molar-refractivity contribution in [1.82, 2.24) is 0 Å². The van der Waals surface area contributed by atoms with Crippen LogP contribution in [-0.2, 0) is 4.74 Å². The van der Waals surface area contributed by atoms with Crippen molar-refractivity contribution in [1.29, 1.82) is 0 Å². The van der Waals surface area contributed by atoms with E-state index in [0.29, 0.717) is 9.86 Å². The van der Waals surface area contributed by atoms with Gasteiger partial charge in [0, 0.05) is 9.86 Å². The molecule has 0 aliphatic heterocycles. The highest BCUT2D eigenvalue weighted by Gasteiger charge is 2.18. The van der Waals surface area contributed by atoms with Gasteiger partial charge in [0.15, 0.2) is 5.82 Å². The quantitative estimate of drug-likeness (QED) is 0.785. The second-order valence-electron chi connectivity index (χ2n) is 5.39. The lowest BCUT2D eigenvalue weighted by atomic mass is 10.1. The molecule has 0 atom stereocenters. The molecule has 0 fully saturated rings. The summed E-state index contributed by atoms with van der Waals surface area (Å²) in [6, 6.07) is 8.57. The van der Waals surface area contributed by atoms with E-state index in [2.05, 4.69) is 21.2 Å². The number of nitrogens with one attached hydrogen (secondary N) is 1. The summed E-state index contributed by atoms with van der Waals surface area (Å²) in [5.41, 5.74) is -0.543. The van der Waals surface area contributed by atoms with Gasteiger partial charge in [-0.25, -0.2) is 9.18 Å². The summed E-state index contributed by atoms with van der Waals surface area (Å²) in [7, 11) is 0. The maximum Gasteiger partial charge on any atom is 0.412 e. The molecule has 0 saturated heterocycles. The third-order valence-electron chi connectivity index (χ3n) is 2.56. The summed E-state index contributed by atoms with van der Waals surface area (Å²) in [6.45, 7) is 5.25. The maximum absolute atomic E-state index is 14.4. The standard InChI is InChI=1S/C15H15BrFNO2/c1-15(2,3)20-14(19)18-12-8-11(16)9-6-4-5-7-10(9)13(12)17/h4-8H,1-3H3,(H,18,19). The van der Waals surface area contributed by atoms with Gasteiger partial charge in [0.1, 0.15) is 5.60 Å². The van der Waals surface area contributed by atoms with E-state index in [1.807, 2.05) is 6.07 Å². The zero-order valence-electron chi connectivity index (χ0n) is 11.5. The van der Waals surface area contributed by atoms with Crippen LogP contribution in [0.5, 0.6) is 0 Å². The van der Waals surface area contributed by atoms with Crippen molar-refractivity contribution in [2.45, 2.75) is 26.4 Å². The van der Waals surface area contributed by atoms with Crippen molar-refractivity contribution in [3.8, 4) is 0 Å². The van der Waals surface area contributed by atoms with Gasteiger partial charge >= 0.3 is 6.09 Å². The second kappa shape index (κ2) is 5.40. The fourth-order valence-electron chi connectivity index (χ4n) is 1.80. The first kappa shape index (κ1) is 14.8. The Morgan fingerprint density at radius 2 is 1.85 bits per heavy atom. The SMILES string of the molecule is CC(C)(C)OC(=O)Nc1cc(Br)c2ccccc2c1F. The smallest absolute Gasteiger partial charge is 0.412 e. The lowest BCUT2D eigenvalue weighted by Gasteiger charge is -2.20. The zero-order chi connectivity index (χ0) is 14.9. The average molecular weight is 340 g/mol. The van der Waals surface area contributed by atoms with E-state index in [0.717, 1.165) is 5.39 Å². The highest BCUT2D eigenvalue weighted by molar-refractivity contribution is 9.10. The number of amides is 1. The summed E-state index contributed by atoms with van der Waals surface area (Å²) in [4.78, 5) is 11.7. The summed E-state index contributed by atoms with van der Waals surface area (Å²) in [6.07, 6.45) is -0.682. The minimum atomic E-state index is -0.682. The Kier molecular flexibility index (Phi) is 3.99. The Bertz CT molecular complexity index is 665. The molecule has 0 aliphatic rings. The molecule has 20 heavy (non-hydrogen) atoms. The average Bonchev–Trinajstić information content (AvgIpc) is 2.33. The van der Waals surface area contributed by atoms with Crippen molar-refractivity contribution >= 4 is 38.5 Å². The Morgan fingerprint density at radius 3 is 2.45 bits per heavy atom. The van der Waals surface area contributed by atoms with Crippen LogP contribution >= 0.6 is 15.9 Å². The minimum absolute atomic E-state index is 0.0878. The topological polar surface area (TPSA) is 38.3 Å². The van der Waals surface area contributed by atoms with Gasteiger partial charge in [-0.1, -0.05) is 40.2 Å². The molecule has 2 aromatic carbocycles. The van der Waals surface area contributed by atoms with Crippen molar-refractivity contribution < 1.29 is 13.9 Å². The molecule has 2 rings (SSSR count). The van der Waals surface area contributed by atoms with Gasteiger partial charge in [-0.15, -0.1) is 0 Å². The molecule has 1 N–H and O–H groups in total. The second-order valence-corrected chi connectivity index (χ2v) is 6.25. The van der Waals surface area contributed by atoms with Gasteiger partial charge in [-0.2, -0.15) is 0 Å². The van der Waals surface area contributed by atoms with Crippen LogP contribution in [0.4, 0.5) is 14.9 Å². The summed E-state index contributed by atoms with van der Waals surface area (Å²) >= 11 is 3.37. The largest absolute Gasteiger partial charge is 0.444 e. The predicted octanol–water partition coefficient (Wildman–Crippen LogP) is 5.09. The molecule has 106 valence electrons. The summed E-state index contributed by atoms with van der Waals surface area (Å²) in [5, 5.41) is 3.62. The number of fused-ring (bicyclic) bond motifs is 1. The van der Waals surface area contributed by atoms with Crippen LogP contribution in [0.15, 0.2) is 34.8 Å². The van der Waals surface area contributed by atoms with Gasteiger partial charge < -0.3 is 4.74 Å². The lowest BCUT2D eigenvalue weighted by Crippen LogP contribution is -2.27. The summed E-state index contributed by atoms with van der Waals surface area (Å²) < 4.78 is 20.2. The molecule has 2 aromatic rings. The first-order valence-electron chi connectivity index (χ1n) is 6.15. The van der Waals surface area contributed by atoms with Crippen LogP contribution in [0.1, 0.15) is 20.8 Å². The van der Waals surface area contributed by atoms with Crippen molar-refractivity contribution in [2.24, 2.45) is 0 Å². The van der Waals surface area contributed by atoms with E-state index in [1.165, 1.54) is 6.07 Å². The molecule has 3 nitrogen and oxygen atoms in total. The molecule has 0 radical (unpaired) electrons. The number of carbonyl (C=O) groups is 1. The van der Waals surface area contributed by atoms with E-state index in [4.69, 9.17) is 4.74 Å². The van der Waals surface area contributed by atoms with Gasteiger partial charge in [0.05, 0.1) is 5.69 Å². The number of halogens is 2. The number of hydrogen-bond acceptors (Lipinski definition) is 2. The molecule has 0 aliphatic carbocycles. The predicted molar refractivity (Wildman–Crippen MR) is 81.5 cm³/mol.